The molecule has 0 radical (unpaired) electrons. The van der Waals surface area contributed by atoms with Crippen molar-refractivity contribution in [2.24, 2.45) is 5.92 Å². The fourth-order valence-electron chi connectivity index (χ4n) is 3.32. The van der Waals surface area contributed by atoms with E-state index in [4.69, 9.17) is 4.74 Å². The van der Waals surface area contributed by atoms with E-state index in [2.05, 4.69) is 43.2 Å². The van der Waals surface area contributed by atoms with Crippen LogP contribution in [0, 0.1) is 5.92 Å². The Labute approximate surface area is 132 Å². The van der Waals surface area contributed by atoms with Crippen molar-refractivity contribution in [1.82, 2.24) is 4.90 Å². The molecule has 1 aromatic rings. The van der Waals surface area contributed by atoms with Gasteiger partial charge in [-0.1, -0.05) is 6.92 Å². The molecule has 0 aromatic heterocycles. The van der Waals surface area contributed by atoms with E-state index < -0.39 is 0 Å². The molecule has 22 heavy (non-hydrogen) atoms. The number of nitrogens with one attached hydrogen (secondary N) is 1. The zero-order valence-electron chi connectivity index (χ0n) is 13.6. The van der Waals surface area contributed by atoms with Gasteiger partial charge in [0.15, 0.2) is 0 Å². The lowest BCUT2D eigenvalue weighted by molar-refractivity contribution is 0.145. The molecule has 120 valence electrons. The molecule has 2 aliphatic rings. The van der Waals surface area contributed by atoms with Gasteiger partial charge in [0, 0.05) is 30.0 Å². The van der Waals surface area contributed by atoms with E-state index in [0.29, 0.717) is 31.2 Å². The highest BCUT2D eigenvalue weighted by Gasteiger charge is 2.29. The van der Waals surface area contributed by atoms with Crippen molar-refractivity contribution in [2.75, 3.05) is 37.0 Å². The average molecular weight is 303 g/mol. The molecular formula is C17H25N3O2. The van der Waals surface area contributed by atoms with Gasteiger partial charge in [0.2, 0.25) is 0 Å². The summed E-state index contributed by atoms with van der Waals surface area (Å²) < 4.78 is 4.97. The standard InChI is InChI=1S/C17H25N3O2/c1-12-11-19(3)13(2)10-16(12)18-14-4-6-15(7-5-14)20-8-9-22-17(20)21/h4-7,12-13,16,18H,8-11H2,1-3H3. The van der Waals surface area contributed by atoms with Gasteiger partial charge in [-0.05, 0) is 50.6 Å². The third kappa shape index (κ3) is 3.04. The summed E-state index contributed by atoms with van der Waals surface area (Å²) in [5.74, 6) is 0.620. The number of rotatable bonds is 3. The Morgan fingerprint density at radius 1 is 1.23 bits per heavy atom. The number of benzene rings is 1. The smallest absolute Gasteiger partial charge is 0.414 e. The second-order valence-electron chi connectivity index (χ2n) is 6.57. The van der Waals surface area contributed by atoms with Crippen LogP contribution in [0.15, 0.2) is 24.3 Å². The first kappa shape index (κ1) is 15.2. The Morgan fingerprint density at radius 2 is 1.95 bits per heavy atom. The summed E-state index contributed by atoms with van der Waals surface area (Å²) in [6, 6.07) is 9.17. The minimum absolute atomic E-state index is 0.251. The highest BCUT2D eigenvalue weighted by atomic mass is 16.6. The molecule has 3 unspecified atom stereocenters. The molecule has 0 aliphatic carbocycles. The third-order valence-electron chi connectivity index (χ3n) is 4.90. The van der Waals surface area contributed by atoms with Crippen LogP contribution in [0.1, 0.15) is 20.3 Å². The SMILES string of the molecule is CC1CN(C)C(C)CC1Nc1ccc(N2CCOC2=O)cc1. The Kier molecular flexibility index (Phi) is 4.25. The van der Waals surface area contributed by atoms with Crippen molar-refractivity contribution in [3.05, 3.63) is 24.3 Å². The number of ether oxygens (including phenoxy) is 1. The van der Waals surface area contributed by atoms with Gasteiger partial charge in [0.05, 0.1) is 6.54 Å². The average Bonchev–Trinajstić information content (AvgIpc) is 2.92. The van der Waals surface area contributed by atoms with Crippen molar-refractivity contribution >= 4 is 17.5 Å². The van der Waals surface area contributed by atoms with Crippen LogP contribution in [0.25, 0.3) is 0 Å². The first-order valence-electron chi connectivity index (χ1n) is 8.05. The summed E-state index contributed by atoms with van der Waals surface area (Å²) in [5.41, 5.74) is 2.02. The van der Waals surface area contributed by atoms with Crippen molar-refractivity contribution in [3.63, 3.8) is 0 Å². The molecule has 2 heterocycles. The van der Waals surface area contributed by atoms with Gasteiger partial charge < -0.3 is 15.0 Å². The van der Waals surface area contributed by atoms with Crippen molar-refractivity contribution < 1.29 is 9.53 Å². The van der Waals surface area contributed by atoms with E-state index in [1.807, 2.05) is 12.1 Å². The van der Waals surface area contributed by atoms with E-state index in [9.17, 15) is 4.79 Å². The number of anilines is 2. The fourth-order valence-corrected chi connectivity index (χ4v) is 3.32. The van der Waals surface area contributed by atoms with Crippen LogP contribution in [0.3, 0.4) is 0 Å². The van der Waals surface area contributed by atoms with Gasteiger partial charge in [-0.15, -0.1) is 0 Å². The summed E-state index contributed by atoms with van der Waals surface area (Å²) in [5, 5.41) is 3.65. The van der Waals surface area contributed by atoms with E-state index in [0.717, 1.165) is 24.3 Å². The summed E-state index contributed by atoms with van der Waals surface area (Å²) in [7, 11) is 2.20. The number of hydrogen-bond donors (Lipinski definition) is 1. The van der Waals surface area contributed by atoms with Crippen LogP contribution in [0.4, 0.5) is 16.2 Å². The third-order valence-corrected chi connectivity index (χ3v) is 4.90. The number of amides is 1. The van der Waals surface area contributed by atoms with Crippen LogP contribution >= 0.6 is 0 Å². The molecule has 2 saturated heterocycles. The predicted octanol–water partition coefficient (Wildman–Crippen LogP) is 2.78. The minimum Gasteiger partial charge on any atom is -0.447 e. The van der Waals surface area contributed by atoms with E-state index in [1.165, 1.54) is 0 Å². The Hall–Kier alpha value is -1.75. The summed E-state index contributed by atoms with van der Waals surface area (Å²) in [4.78, 5) is 15.7. The predicted molar refractivity (Wildman–Crippen MR) is 88.4 cm³/mol. The number of nitrogens with zero attached hydrogens (tertiary/aromatic N) is 2. The van der Waals surface area contributed by atoms with Gasteiger partial charge in [-0.2, -0.15) is 0 Å². The van der Waals surface area contributed by atoms with Gasteiger partial charge in [0.25, 0.3) is 0 Å². The largest absolute Gasteiger partial charge is 0.447 e. The van der Waals surface area contributed by atoms with Gasteiger partial charge >= 0.3 is 6.09 Å². The first-order valence-corrected chi connectivity index (χ1v) is 8.05. The number of hydrogen-bond acceptors (Lipinski definition) is 4. The zero-order valence-corrected chi connectivity index (χ0v) is 13.6. The second-order valence-corrected chi connectivity index (χ2v) is 6.57. The van der Waals surface area contributed by atoms with Crippen LogP contribution in [0.5, 0.6) is 0 Å². The van der Waals surface area contributed by atoms with Crippen molar-refractivity contribution in [2.45, 2.75) is 32.4 Å². The van der Waals surface area contributed by atoms with Crippen molar-refractivity contribution in [1.29, 1.82) is 0 Å². The monoisotopic (exact) mass is 303 g/mol. The second kappa shape index (κ2) is 6.16. The van der Waals surface area contributed by atoms with E-state index in [1.54, 1.807) is 4.90 Å². The van der Waals surface area contributed by atoms with Crippen LogP contribution in [-0.2, 0) is 4.74 Å². The van der Waals surface area contributed by atoms with E-state index >= 15 is 0 Å². The number of cyclic esters (lactones) is 1. The highest BCUT2D eigenvalue weighted by Crippen LogP contribution is 2.26. The molecule has 0 saturated carbocycles. The molecule has 0 bridgehead atoms. The molecule has 3 rings (SSSR count). The maximum Gasteiger partial charge on any atom is 0.414 e. The molecule has 5 heteroatoms. The van der Waals surface area contributed by atoms with E-state index in [-0.39, 0.29) is 6.09 Å². The maximum atomic E-state index is 11.6. The summed E-state index contributed by atoms with van der Waals surface area (Å²) in [6.07, 6.45) is 0.899. The molecular weight excluding hydrogens is 278 g/mol. The van der Waals surface area contributed by atoms with Gasteiger partial charge in [0.1, 0.15) is 6.61 Å². The topological polar surface area (TPSA) is 44.8 Å². The molecule has 2 fully saturated rings. The van der Waals surface area contributed by atoms with Crippen LogP contribution < -0.4 is 10.2 Å². The molecule has 0 spiro atoms. The van der Waals surface area contributed by atoms with Crippen molar-refractivity contribution in [3.8, 4) is 0 Å². The molecule has 2 aliphatic heterocycles. The highest BCUT2D eigenvalue weighted by molar-refractivity contribution is 5.89. The molecule has 5 nitrogen and oxygen atoms in total. The zero-order chi connectivity index (χ0) is 15.7. The fraction of sp³-hybridized carbons (Fsp3) is 0.588. The van der Waals surface area contributed by atoms with Gasteiger partial charge in [-0.3, -0.25) is 4.90 Å². The normalized spacial score (nSPS) is 29.5. The Bertz CT molecular complexity index is 531. The lowest BCUT2D eigenvalue weighted by Crippen LogP contribution is -2.48. The molecule has 3 atom stereocenters. The molecule has 1 N–H and O–H groups in total. The first-order chi connectivity index (χ1) is 10.5. The van der Waals surface area contributed by atoms with Crippen LogP contribution in [-0.4, -0.2) is 49.8 Å². The number of piperidine rings is 1. The summed E-state index contributed by atoms with van der Waals surface area (Å²) in [6.45, 7) is 6.81. The number of carbonyl (C=O) groups excluding carboxylic acids is 1. The Balaban J connectivity index is 1.65. The van der Waals surface area contributed by atoms with Crippen LogP contribution in [0.2, 0.25) is 0 Å². The summed E-state index contributed by atoms with van der Waals surface area (Å²) >= 11 is 0. The lowest BCUT2D eigenvalue weighted by atomic mass is 9.89. The molecule has 1 aromatic carbocycles. The quantitative estimate of drug-likeness (QED) is 0.932. The number of likely N-dealkylation sites (tertiary alicyclic amines) is 1. The minimum atomic E-state index is -0.251. The maximum absolute atomic E-state index is 11.6. The Morgan fingerprint density at radius 3 is 2.59 bits per heavy atom. The number of carbonyl (C=O) groups is 1. The van der Waals surface area contributed by atoms with Gasteiger partial charge in [-0.25, -0.2) is 4.79 Å². The molecule has 1 amide bonds. The lowest BCUT2D eigenvalue weighted by Gasteiger charge is -2.40.